The maximum atomic E-state index is 12.6. The molecule has 0 aliphatic heterocycles. The minimum absolute atomic E-state index is 0.0775. The minimum atomic E-state index is -0.0775. The van der Waals surface area contributed by atoms with Gasteiger partial charge >= 0.3 is 0 Å². The van der Waals surface area contributed by atoms with Crippen molar-refractivity contribution < 1.29 is 4.74 Å². The number of aromatic nitrogens is 4. The Morgan fingerprint density at radius 1 is 1.35 bits per heavy atom. The van der Waals surface area contributed by atoms with E-state index < -0.39 is 0 Å². The lowest BCUT2D eigenvalue weighted by Crippen LogP contribution is -2.22. The monoisotopic (exact) mass is 330 g/mol. The molecule has 3 rings (SSSR count). The highest BCUT2D eigenvalue weighted by atomic mass is 32.2. The van der Waals surface area contributed by atoms with E-state index >= 15 is 0 Å². The Morgan fingerprint density at radius 2 is 2.17 bits per heavy atom. The van der Waals surface area contributed by atoms with Crippen molar-refractivity contribution in [3.63, 3.8) is 0 Å². The maximum absolute atomic E-state index is 12.6. The van der Waals surface area contributed by atoms with Crippen LogP contribution < -0.4 is 5.56 Å². The number of allylic oxidation sites excluding steroid dienone is 1. The molecule has 0 fully saturated rings. The second kappa shape index (κ2) is 6.97. The van der Waals surface area contributed by atoms with Gasteiger partial charge < -0.3 is 4.74 Å². The first-order valence-electron chi connectivity index (χ1n) is 7.46. The van der Waals surface area contributed by atoms with Gasteiger partial charge in [-0.25, -0.2) is 0 Å². The van der Waals surface area contributed by atoms with E-state index in [0.29, 0.717) is 30.9 Å². The van der Waals surface area contributed by atoms with Crippen LogP contribution in [-0.4, -0.2) is 38.1 Å². The summed E-state index contributed by atoms with van der Waals surface area (Å²) in [7, 11) is 0. The van der Waals surface area contributed by atoms with E-state index in [4.69, 9.17) is 4.74 Å². The molecule has 2 aromatic heterocycles. The molecule has 120 valence electrons. The summed E-state index contributed by atoms with van der Waals surface area (Å²) in [6.07, 6.45) is 1.69. The van der Waals surface area contributed by atoms with Crippen LogP contribution in [0.25, 0.3) is 16.7 Å². The van der Waals surface area contributed by atoms with Crippen molar-refractivity contribution in [1.29, 1.82) is 0 Å². The van der Waals surface area contributed by atoms with E-state index in [1.54, 1.807) is 22.4 Å². The fourth-order valence-electron chi connectivity index (χ4n) is 2.46. The summed E-state index contributed by atoms with van der Waals surface area (Å²) in [5.41, 5.74) is 0.739. The lowest BCUT2D eigenvalue weighted by atomic mass is 10.2. The Bertz CT molecular complexity index is 900. The molecule has 0 unspecified atom stereocenters. The summed E-state index contributed by atoms with van der Waals surface area (Å²) in [5, 5.41) is 9.87. The minimum Gasteiger partial charge on any atom is -0.381 e. The predicted octanol–water partition coefficient (Wildman–Crippen LogP) is 2.36. The number of ether oxygens (including phenoxy) is 1. The molecule has 0 bridgehead atoms. The highest BCUT2D eigenvalue weighted by molar-refractivity contribution is 7.99. The van der Waals surface area contributed by atoms with Gasteiger partial charge in [0, 0.05) is 18.9 Å². The van der Waals surface area contributed by atoms with Gasteiger partial charge in [0.1, 0.15) is 0 Å². The third-order valence-corrected chi connectivity index (χ3v) is 4.35. The van der Waals surface area contributed by atoms with Crippen LogP contribution in [0.1, 0.15) is 6.92 Å². The first-order valence-corrected chi connectivity index (χ1v) is 8.44. The SMILES string of the molecule is C=CCn1c(=O)c2ccccc2n2c(SCCOCC)nnc12. The van der Waals surface area contributed by atoms with E-state index in [1.807, 2.05) is 35.6 Å². The van der Waals surface area contributed by atoms with Crippen molar-refractivity contribution in [2.24, 2.45) is 0 Å². The quantitative estimate of drug-likeness (QED) is 0.378. The molecule has 0 radical (unpaired) electrons. The van der Waals surface area contributed by atoms with Gasteiger partial charge in [-0.1, -0.05) is 30.0 Å². The van der Waals surface area contributed by atoms with Crippen LogP contribution >= 0.6 is 11.8 Å². The fourth-order valence-corrected chi connectivity index (χ4v) is 3.25. The van der Waals surface area contributed by atoms with Crippen LogP contribution in [0.5, 0.6) is 0 Å². The summed E-state index contributed by atoms with van der Waals surface area (Å²) in [6.45, 7) is 7.44. The average Bonchev–Trinajstić information content (AvgIpc) is 2.99. The molecule has 0 atom stereocenters. The Morgan fingerprint density at radius 3 is 2.96 bits per heavy atom. The zero-order valence-electron chi connectivity index (χ0n) is 12.9. The third-order valence-electron chi connectivity index (χ3n) is 3.45. The molecule has 0 spiro atoms. The van der Waals surface area contributed by atoms with Gasteiger partial charge in [-0.2, -0.15) is 0 Å². The Labute approximate surface area is 137 Å². The van der Waals surface area contributed by atoms with Crippen molar-refractivity contribution in [3.05, 3.63) is 47.3 Å². The lowest BCUT2D eigenvalue weighted by Gasteiger charge is -2.09. The molecule has 7 heteroatoms. The third kappa shape index (κ3) is 2.89. The van der Waals surface area contributed by atoms with Gasteiger partial charge in [0.25, 0.3) is 5.56 Å². The zero-order chi connectivity index (χ0) is 16.2. The molecular formula is C16H18N4O2S. The first kappa shape index (κ1) is 15.8. The lowest BCUT2D eigenvalue weighted by molar-refractivity contribution is 0.164. The van der Waals surface area contributed by atoms with E-state index in [9.17, 15) is 4.79 Å². The number of hydrogen-bond donors (Lipinski definition) is 0. The van der Waals surface area contributed by atoms with Crippen molar-refractivity contribution in [1.82, 2.24) is 19.2 Å². The average molecular weight is 330 g/mol. The molecule has 2 heterocycles. The van der Waals surface area contributed by atoms with Crippen molar-refractivity contribution in [2.45, 2.75) is 18.6 Å². The van der Waals surface area contributed by atoms with Gasteiger partial charge in [0.2, 0.25) is 5.78 Å². The molecule has 0 amide bonds. The van der Waals surface area contributed by atoms with Gasteiger partial charge in [-0.3, -0.25) is 13.8 Å². The second-order valence-corrected chi connectivity index (χ2v) is 5.95. The molecule has 0 saturated heterocycles. The first-order chi connectivity index (χ1) is 11.3. The summed E-state index contributed by atoms with van der Waals surface area (Å²) in [6, 6.07) is 7.51. The number of hydrogen-bond acceptors (Lipinski definition) is 5. The summed E-state index contributed by atoms with van der Waals surface area (Å²) >= 11 is 1.57. The Kier molecular flexibility index (Phi) is 4.78. The molecule has 6 nitrogen and oxygen atoms in total. The van der Waals surface area contributed by atoms with Crippen LogP contribution in [0.15, 0.2) is 46.9 Å². The standard InChI is InChI=1S/C16H18N4O2S/c1-3-9-19-14(21)12-7-5-6-8-13(12)20-15(19)17-18-16(20)23-11-10-22-4-2/h3,5-8H,1,4,9-11H2,2H3. The summed E-state index contributed by atoms with van der Waals surface area (Å²) in [4.78, 5) is 12.6. The van der Waals surface area contributed by atoms with Crippen molar-refractivity contribution >= 4 is 28.4 Å². The number of para-hydroxylation sites is 1. The van der Waals surface area contributed by atoms with E-state index in [2.05, 4.69) is 16.8 Å². The van der Waals surface area contributed by atoms with Crippen LogP contribution in [0.4, 0.5) is 0 Å². The van der Waals surface area contributed by atoms with E-state index in [-0.39, 0.29) is 5.56 Å². The summed E-state index contributed by atoms with van der Waals surface area (Å²) in [5.74, 6) is 1.32. The topological polar surface area (TPSA) is 61.4 Å². The molecule has 1 aromatic carbocycles. The highest BCUT2D eigenvalue weighted by Gasteiger charge is 2.15. The molecule has 0 saturated carbocycles. The molecule has 0 aliphatic rings. The normalized spacial score (nSPS) is 11.3. The smallest absolute Gasteiger partial charge is 0.263 e. The number of rotatable bonds is 7. The molecule has 0 N–H and O–H groups in total. The molecular weight excluding hydrogens is 312 g/mol. The fraction of sp³-hybridized carbons (Fsp3) is 0.312. The largest absolute Gasteiger partial charge is 0.381 e. The molecule has 0 aliphatic carbocycles. The van der Waals surface area contributed by atoms with Gasteiger partial charge in [0.05, 0.1) is 17.5 Å². The molecule has 23 heavy (non-hydrogen) atoms. The second-order valence-electron chi connectivity index (χ2n) is 4.88. The molecule has 3 aromatic rings. The van der Waals surface area contributed by atoms with Crippen LogP contribution in [0.2, 0.25) is 0 Å². The van der Waals surface area contributed by atoms with E-state index in [0.717, 1.165) is 16.4 Å². The highest BCUT2D eigenvalue weighted by Crippen LogP contribution is 2.21. The maximum Gasteiger partial charge on any atom is 0.263 e. The summed E-state index contributed by atoms with van der Waals surface area (Å²) < 4.78 is 8.89. The number of thioether (sulfide) groups is 1. The number of fused-ring (bicyclic) bond motifs is 3. The van der Waals surface area contributed by atoms with E-state index in [1.165, 1.54) is 0 Å². The van der Waals surface area contributed by atoms with Crippen LogP contribution in [0.3, 0.4) is 0 Å². The number of nitrogens with zero attached hydrogens (tertiary/aromatic N) is 4. The van der Waals surface area contributed by atoms with Gasteiger partial charge in [-0.15, -0.1) is 16.8 Å². The zero-order valence-corrected chi connectivity index (χ0v) is 13.8. The van der Waals surface area contributed by atoms with Crippen LogP contribution in [0, 0.1) is 0 Å². The van der Waals surface area contributed by atoms with Gasteiger partial charge in [0.15, 0.2) is 5.16 Å². The van der Waals surface area contributed by atoms with Gasteiger partial charge in [-0.05, 0) is 19.1 Å². The Hall–Kier alpha value is -2.12. The Balaban J connectivity index is 2.17. The van der Waals surface area contributed by atoms with Crippen molar-refractivity contribution in [3.8, 4) is 0 Å². The predicted molar refractivity (Wildman–Crippen MR) is 92.2 cm³/mol. The number of benzene rings is 1. The van der Waals surface area contributed by atoms with Crippen LogP contribution in [-0.2, 0) is 11.3 Å². The van der Waals surface area contributed by atoms with Crippen molar-refractivity contribution in [2.75, 3.05) is 19.0 Å².